The number of carbonyl (C=O) groups is 1. The van der Waals surface area contributed by atoms with Crippen LogP contribution >= 0.6 is 0 Å². The second kappa shape index (κ2) is 8.75. The minimum Gasteiger partial charge on any atom is -0.454 e. The van der Waals surface area contributed by atoms with E-state index in [1.807, 2.05) is 13.8 Å². The fraction of sp³-hybridized carbons (Fsp3) is 0.421. The lowest BCUT2D eigenvalue weighted by Gasteiger charge is -2.17. The summed E-state index contributed by atoms with van der Waals surface area (Å²) in [5, 5.41) is 2.73. The number of carbonyl (C=O) groups excluding carboxylic acids is 1. The SMILES string of the molecule is CCN(CC)CCNC(=O)c1c[nH]c(=O)n(Cc2ccc3c(c2)OCO3)c1=O. The van der Waals surface area contributed by atoms with Gasteiger partial charge in [-0.15, -0.1) is 0 Å². The Labute approximate surface area is 161 Å². The Kier molecular flexibility index (Phi) is 6.15. The molecule has 28 heavy (non-hydrogen) atoms. The zero-order valence-electron chi connectivity index (χ0n) is 16.0. The summed E-state index contributed by atoms with van der Waals surface area (Å²) in [4.78, 5) is 41.9. The molecule has 150 valence electrons. The van der Waals surface area contributed by atoms with E-state index >= 15 is 0 Å². The van der Waals surface area contributed by atoms with Crippen LogP contribution in [0.2, 0.25) is 0 Å². The molecule has 0 saturated carbocycles. The van der Waals surface area contributed by atoms with Crippen molar-refractivity contribution in [3.05, 3.63) is 56.4 Å². The molecule has 1 aliphatic heterocycles. The van der Waals surface area contributed by atoms with E-state index in [0.717, 1.165) is 23.9 Å². The molecule has 1 aromatic carbocycles. The average molecular weight is 388 g/mol. The van der Waals surface area contributed by atoms with Crippen LogP contribution in [0.5, 0.6) is 11.5 Å². The van der Waals surface area contributed by atoms with Crippen LogP contribution in [0, 0.1) is 0 Å². The highest BCUT2D eigenvalue weighted by Crippen LogP contribution is 2.32. The third-order valence-corrected chi connectivity index (χ3v) is 4.69. The molecule has 2 aromatic rings. The van der Waals surface area contributed by atoms with Gasteiger partial charge in [-0.2, -0.15) is 0 Å². The largest absolute Gasteiger partial charge is 0.454 e. The van der Waals surface area contributed by atoms with E-state index in [1.54, 1.807) is 18.2 Å². The van der Waals surface area contributed by atoms with Gasteiger partial charge in [-0.05, 0) is 30.8 Å². The van der Waals surface area contributed by atoms with Crippen LogP contribution in [0.3, 0.4) is 0 Å². The summed E-state index contributed by atoms with van der Waals surface area (Å²) in [6, 6.07) is 5.18. The van der Waals surface area contributed by atoms with Gasteiger partial charge in [0.25, 0.3) is 11.5 Å². The van der Waals surface area contributed by atoms with Crippen LogP contribution in [0.15, 0.2) is 34.0 Å². The number of likely N-dealkylation sites (N-methyl/N-ethyl adjacent to an activating group) is 1. The van der Waals surface area contributed by atoms with Crippen molar-refractivity contribution < 1.29 is 14.3 Å². The molecule has 9 nitrogen and oxygen atoms in total. The number of nitrogens with zero attached hydrogens (tertiary/aromatic N) is 2. The van der Waals surface area contributed by atoms with Gasteiger partial charge in [0.05, 0.1) is 6.54 Å². The first-order valence-corrected chi connectivity index (χ1v) is 9.25. The molecular weight excluding hydrogens is 364 g/mol. The topological polar surface area (TPSA) is 106 Å². The molecule has 0 fully saturated rings. The molecule has 0 saturated heterocycles. The molecule has 1 aromatic heterocycles. The molecule has 1 aliphatic rings. The third-order valence-electron chi connectivity index (χ3n) is 4.69. The molecule has 2 heterocycles. The van der Waals surface area contributed by atoms with Crippen LogP contribution in [0.1, 0.15) is 29.8 Å². The molecule has 0 radical (unpaired) electrons. The predicted octanol–water partition coefficient (Wildman–Crippen LogP) is 0.385. The van der Waals surface area contributed by atoms with Crippen molar-refractivity contribution in [3.8, 4) is 11.5 Å². The second-order valence-electron chi connectivity index (χ2n) is 6.37. The van der Waals surface area contributed by atoms with Gasteiger partial charge in [-0.1, -0.05) is 19.9 Å². The monoisotopic (exact) mass is 388 g/mol. The van der Waals surface area contributed by atoms with Crippen LogP contribution in [-0.4, -0.2) is 53.3 Å². The number of H-pyrrole nitrogens is 1. The number of aromatic amines is 1. The van der Waals surface area contributed by atoms with Crippen LogP contribution < -0.4 is 26.0 Å². The lowest BCUT2D eigenvalue weighted by molar-refractivity contribution is 0.0946. The Bertz CT molecular complexity index is 962. The number of aromatic nitrogens is 2. The zero-order valence-corrected chi connectivity index (χ0v) is 16.0. The van der Waals surface area contributed by atoms with Gasteiger partial charge < -0.3 is 24.7 Å². The summed E-state index contributed by atoms with van der Waals surface area (Å²) < 4.78 is 11.6. The van der Waals surface area contributed by atoms with Crippen molar-refractivity contribution in [3.63, 3.8) is 0 Å². The van der Waals surface area contributed by atoms with Crippen LogP contribution in [0.25, 0.3) is 0 Å². The van der Waals surface area contributed by atoms with E-state index in [2.05, 4.69) is 15.2 Å². The smallest absolute Gasteiger partial charge is 0.328 e. The molecule has 9 heteroatoms. The quantitative estimate of drug-likeness (QED) is 0.678. The summed E-state index contributed by atoms with van der Waals surface area (Å²) in [6.07, 6.45) is 1.16. The van der Waals surface area contributed by atoms with Crippen LogP contribution in [0.4, 0.5) is 0 Å². The number of nitrogens with one attached hydrogen (secondary N) is 2. The summed E-state index contributed by atoms with van der Waals surface area (Å²) >= 11 is 0. The third kappa shape index (κ3) is 4.25. The van der Waals surface area contributed by atoms with E-state index in [0.29, 0.717) is 30.2 Å². The van der Waals surface area contributed by atoms with Gasteiger partial charge in [-0.25, -0.2) is 4.79 Å². The predicted molar refractivity (Wildman–Crippen MR) is 103 cm³/mol. The number of hydrogen-bond acceptors (Lipinski definition) is 6. The van der Waals surface area contributed by atoms with Gasteiger partial charge in [-0.3, -0.25) is 14.2 Å². The van der Waals surface area contributed by atoms with Crippen molar-refractivity contribution in [2.24, 2.45) is 0 Å². The number of hydrogen-bond donors (Lipinski definition) is 2. The highest BCUT2D eigenvalue weighted by atomic mass is 16.7. The van der Waals surface area contributed by atoms with E-state index in [1.165, 1.54) is 0 Å². The Hall–Kier alpha value is -3.07. The number of benzene rings is 1. The van der Waals surface area contributed by atoms with Crippen molar-refractivity contribution in [2.75, 3.05) is 33.0 Å². The zero-order chi connectivity index (χ0) is 20.1. The number of rotatable bonds is 8. The number of fused-ring (bicyclic) bond motifs is 1. The minimum absolute atomic E-state index is 0.0192. The summed E-state index contributed by atoms with van der Waals surface area (Å²) in [5.74, 6) is 0.673. The molecule has 0 spiro atoms. The molecule has 1 amide bonds. The van der Waals surface area contributed by atoms with Crippen LogP contribution in [-0.2, 0) is 6.54 Å². The summed E-state index contributed by atoms with van der Waals surface area (Å²) in [7, 11) is 0. The first-order valence-electron chi connectivity index (χ1n) is 9.25. The van der Waals surface area contributed by atoms with Gasteiger partial charge in [0, 0.05) is 19.3 Å². The minimum atomic E-state index is -0.637. The van der Waals surface area contributed by atoms with E-state index in [4.69, 9.17) is 9.47 Å². The van der Waals surface area contributed by atoms with Crippen molar-refractivity contribution >= 4 is 5.91 Å². The van der Waals surface area contributed by atoms with E-state index in [-0.39, 0.29) is 18.9 Å². The molecular formula is C19H24N4O5. The van der Waals surface area contributed by atoms with Gasteiger partial charge in [0.2, 0.25) is 6.79 Å². The Morgan fingerprint density at radius 3 is 2.71 bits per heavy atom. The Morgan fingerprint density at radius 1 is 1.21 bits per heavy atom. The van der Waals surface area contributed by atoms with E-state index in [9.17, 15) is 14.4 Å². The molecule has 0 aliphatic carbocycles. The highest BCUT2D eigenvalue weighted by molar-refractivity contribution is 5.93. The fourth-order valence-corrected chi connectivity index (χ4v) is 3.00. The van der Waals surface area contributed by atoms with Gasteiger partial charge in [0.1, 0.15) is 5.56 Å². The maximum absolute atomic E-state index is 12.7. The molecule has 0 atom stereocenters. The summed E-state index contributed by atoms with van der Waals surface area (Å²) in [6.45, 7) is 7.12. The average Bonchev–Trinajstić information content (AvgIpc) is 3.16. The Morgan fingerprint density at radius 2 is 1.96 bits per heavy atom. The Balaban J connectivity index is 1.75. The first kappa shape index (κ1) is 19.7. The lowest BCUT2D eigenvalue weighted by Crippen LogP contribution is -2.42. The molecule has 2 N–H and O–H groups in total. The maximum Gasteiger partial charge on any atom is 0.328 e. The number of ether oxygens (including phenoxy) is 2. The second-order valence-corrected chi connectivity index (χ2v) is 6.37. The first-order chi connectivity index (χ1) is 13.5. The lowest BCUT2D eigenvalue weighted by atomic mass is 10.2. The van der Waals surface area contributed by atoms with Crippen molar-refractivity contribution in [1.29, 1.82) is 0 Å². The number of amides is 1. The fourth-order valence-electron chi connectivity index (χ4n) is 3.00. The molecule has 3 rings (SSSR count). The van der Waals surface area contributed by atoms with Crippen molar-refractivity contribution in [2.45, 2.75) is 20.4 Å². The van der Waals surface area contributed by atoms with Crippen molar-refractivity contribution in [1.82, 2.24) is 19.8 Å². The highest BCUT2D eigenvalue weighted by Gasteiger charge is 2.17. The van der Waals surface area contributed by atoms with E-state index < -0.39 is 17.2 Å². The molecule has 0 bridgehead atoms. The molecule has 0 unspecified atom stereocenters. The van der Waals surface area contributed by atoms with Gasteiger partial charge >= 0.3 is 5.69 Å². The maximum atomic E-state index is 12.7. The van der Waals surface area contributed by atoms with Gasteiger partial charge in [0.15, 0.2) is 11.5 Å². The standard InChI is InChI=1S/C19H24N4O5/c1-3-22(4-2)8-7-20-17(24)14-10-21-19(26)23(18(14)25)11-13-5-6-15-16(9-13)28-12-27-15/h5-6,9-10H,3-4,7-8,11-12H2,1-2H3,(H,20,24)(H,21,26). The summed E-state index contributed by atoms with van der Waals surface area (Å²) in [5.41, 5.74) is -0.625. The normalized spacial score (nSPS) is 12.4.